The lowest BCUT2D eigenvalue weighted by Gasteiger charge is -2.03. The third kappa shape index (κ3) is 2.11. The molecule has 1 heterocycles. The molecule has 1 N–H and O–H groups in total. The van der Waals surface area contributed by atoms with Crippen molar-refractivity contribution in [3.63, 3.8) is 0 Å². The summed E-state index contributed by atoms with van der Waals surface area (Å²) < 4.78 is 0. The number of aromatic nitrogens is 1. The molecule has 13 heavy (non-hydrogen) atoms. The Balaban J connectivity index is 2.98. The highest BCUT2D eigenvalue weighted by molar-refractivity contribution is 6.34. The lowest BCUT2D eigenvalue weighted by molar-refractivity contribution is 1.24. The van der Waals surface area contributed by atoms with Crippen molar-refractivity contribution in [3.8, 4) is 18.4 Å². The van der Waals surface area contributed by atoms with Gasteiger partial charge in [-0.25, -0.2) is 4.98 Å². The van der Waals surface area contributed by atoms with E-state index in [0.717, 1.165) is 0 Å². The monoisotopic (exact) mass is 191 g/mol. The summed E-state index contributed by atoms with van der Waals surface area (Å²) in [6, 6.07) is 3.49. The molecule has 0 aliphatic rings. The molecular weight excluding hydrogens is 186 g/mol. The third-order valence-electron chi connectivity index (χ3n) is 1.37. The Kier molecular flexibility index (Phi) is 3.14. The van der Waals surface area contributed by atoms with E-state index in [4.69, 9.17) is 23.3 Å². The van der Waals surface area contributed by atoms with Crippen LogP contribution in [0.4, 0.5) is 5.82 Å². The highest BCUT2D eigenvalue weighted by Gasteiger charge is 2.04. The lowest BCUT2D eigenvalue weighted by atomic mass is 10.3. The fourth-order valence-corrected chi connectivity index (χ4v) is 1.01. The maximum absolute atomic E-state index is 8.64. The number of terminal acetylenes is 1. The summed E-state index contributed by atoms with van der Waals surface area (Å²) in [5, 5.41) is 11.8. The van der Waals surface area contributed by atoms with E-state index in [1.807, 2.05) is 6.07 Å². The molecule has 0 radical (unpaired) electrons. The number of nitriles is 1. The van der Waals surface area contributed by atoms with Gasteiger partial charge in [-0.3, -0.25) is 0 Å². The van der Waals surface area contributed by atoms with Gasteiger partial charge in [-0.1, -0.05) is 17.5 Å². The Morgan fingerprint density at radius 3 is 3.08 bits per heavy atom. The van der Waals surface area contributed by atoms with Crippen LogP contribution < -0.4 is 5.32 Å². The van der Waals surface area contributed by atoms with Crippen molar-refractivity contribution in [2.75, 3.05) is 11.9 Å². The third-order valence-corrected chi connectivity index (χ3v) is 1.75. The SMILES string of the molecule is C#CCNc1nccc(C#N)c1Cl. The zero-order valence-corrected chi connectivity index (χ0v) is 7.47. The fourth-order valence-electron chi connectivity index (χ4n) is 0.788. The zero-order valence-electron chi connectivity index (χ0n) is 6.71. The molecular formula is C9H6ClN3. The van der Waals surface area contributed by atoms with Gasteiger partial charge in [0, 0.05) is 6.20 Å². The first-order valence-electron chi connectivity index (χ1n) is 3.51. The minimum absolute atomic E-state index is 0.306. The standard InChI is InChI=1S/C9H6ClN3/c1-2-4-12-9-8(10)7(6-11)3-5-13-9/h1,3,5H,4H2,(H,12,13). The molecule has 1 aromatic heterocycles. The first kappa shape index (κ1) is 9.38. The summed E-state index contributed by atoms with van der Waals surface area (Å²) in [7, 11) is 0. The number of nitrogens with zero attached hydrogens (tertiary/aromatic N) is 2. The maximum atomic E-state index is 8.64. The van der Waals surface area contributed by atoms with E-state index < -0.39 is 0 Å². The van der Waals surface area contributed by atoms with Crippen molar-refractivity contribution in [2.45, 2.75) is 0 Å². The fraction of sp³-hybridized carbons (Fsp3) is 0.111. The topological polar surface area (TPSA) is 48.7 Å². The van der Waals surface area contributed by atoms with E-state index >= 15 is 0 Å². The van der Waals surface area contributed by atoms with Gasteiger partial charge in [-0.15, -0.1) is 6.42 Å². The first-order chi connectivity index (χ1) is 6.29. The van der Waals surface area contributed by atoms with E-state index in [1.54, 1.807) is 6.07 Å². The smallest absolute Gasteiger partial charge is 0.146 e. The average molecular weight is 192 g/mol. The number of hydrogen-bond acceptors (Lipinski definition) is 3. The molecule has 4 heteroatoms. The van der Waals surface area contributed by atoms with Crippen molar-refractivity contribution in [2.24, 2.45) is 0 Å². The van der Waals surface area contributed by atoms with Gasteiger partial charge in [0.25, 0.3) is 0 Å². The van der Waals surface area contributed by atoms with Gasteiger partial charge in [0.15, 0.2) is 0 Å². The molecule has 0 aliphatic carbocycles. The summed E-state index contributed by atoms with van der Waals surface area (Å²) in [5.74, 6) is 2.83. The molecule has 3 nitrogen and oxygen atoms in total. The number of hydrogen-bond donors (Lipinski definition) is 1. The summed E-state index contributed by atoms with van der Waals surface area (Å²) in [4.78, 5) is 3.93. The van der Waals surface area contributed by atoms with Gasteiger partial charge < -0.3 is 5.32 Å². The van der Waals surface area contributed by atoms with Crippen LogP contribution in [0.3, 0.4) is 0 Å². The second-order valence-electron chi connectivity index (χ2n) is 2.19. The molecule has 1 rings (SSSR count). The lowest BCUT2D eigenvalue weighted by Crippen LogP contribution is -2.01. The zero-order chi connectivity index (χ0) is 9.68. The second kappa shape index (κ2) is 4.35. The molecule has 0 saturated heterocycles. The molecule has 0 bridgehead atoms. The number of anilines is 1. The molecule has 0 fully saturated rings. The summed E-state index contributed by atoms with van der Waals surface area (Å²) >= 11 is 5.83. The molecule has 0 unspecified atom stereocenters. The van der Waals surface area contributed by atoms with Crippen LogP contribution in [0.15, 0.2) is 12.3 Å². The van der Waals surface area contributed by atoms with Gasteiger partial charge in [0.1, 0.15) is 16.9 Å². The number of rotatable bonds is 2. The van der Waals surface area contributed by atoms with Crippen molar-refractivity contribution < 1.29 is 0 Å². The predicted octanol–water partition coefficient (Wildman–Crippen LogP) is 1.65. The minimum atomic E-state index is 0.306. The second-order valence-corrected chi connectivity index (χ2v) is 2.57. The van der Waals surface area contributed by atoms with Gasteiger partial charge in [0.2, 0.25) is 0 Å². The highest BCUT2D eigenvalue weighted by Crippen LogP contribution is 2.22. The Morgan fingerprint density at radius 1 is 1.69 bits per heavy atom. The van der Waals surface area contributed by atoms with Crippen LogP contribution in [0, 0.1) is 23.7 Å². The maximum Gasteiger partial charge on any atom is 0.146 e. The first-order valence-corrected chi connectivity index (χ1v) is 3.89. The molecule has 0 atom stereocenters. The van der Waals surface area contributed by atoms with E-state index in [-0.39, 0.29) is 0 Å². The van der Waals surface area contributed by atoms with Crippen LogP contribution in [-0.4, -0.2) is 11.5 Å². The predicted molar refractivity (Wildman–Crippen MR) is 51.3 cm³/mol. The molecule has 0 aromatic carbocycles. The van der Waals surface area contributed by atoms with E-state index in [1.165, 1.54) is 6.20 Å². The Labute approximate surface area is 81.4 Å². The molecule has 1 aromatic rings. The number of pyridine rings is 1. The molecule has 0 aliphatic heterocycles. The summed E-state index contributed by atoms with van der Waals surface area (Å²) in [5.41, 5.74) is 0.385. The van der Waals surface area contributed by atoms with Gasteiger partial charge in [-0.05, 0) is 6.07 Å². The van der Waals surface area contributed by atoms with E-state index in [2.05, 4.69) is 16.2 Å². The Hall–Kier alpha value is -1.71. The van der Waals surface area contributed by atoms with Crippen molar-refractivity contribution in [3.05, 3.63) is 22.8 Å². The quantitative estimate of drug-likeness (QED) is 0.724. The van der Waals surface area contributed by atoms with Gasteiger partial charge in [-0.2, -0.15) is 5.26 Å². The van der Waals surface area contributed by atoms with Crippen LogP contribution in [0.1, 0.15) is 5.56 Å². The normalized spacial score (nSPS) is 8.54. The highest BCUT2D eigenvalue weighted by atomic mass is 35.5. The largest absolute Gasteiger partial charge is 0.358 e. The van der Waals surface area contributed by atoms with Crippen LogP contribution >= 0.6 is 11.6 Å². The van der Waals surface area contributed by atoms with Crippen molar-refractivity contribution in [1.29, 1.82) is 5.26 Å². The Bertz CT molecular complexity index is 387. The van der Waals surface area contributed by atoms with Gasteiger partial charge in [0.05, 0.1) is 12.1 Å². The van der Waals surface area contributed by atoms with E-state index in [9.17, 15) is 0 Å². The molecule has 64 valence electrons. The van der Waals surface area contributed by atoms with Crippen LogP contribution in [-0.2, 0) is 0 Å². The van der Waals surface area contributed by atoms with Crippen molar-refractivity contribution >= 4 is 17.4 Å². The van der Waals surface area contributed by atoms with E-state index in [0.29, 0.717) is 22.9 Å². The van der Waals surface area contributed by atoms with Crippen molar-refractivity contribution in [1.82, 2.24) is 4.98 Å². The molecule has 0 amide bonds. The molecule has 0 spiro atoms. The summed E-state index contributed by atoms with van der Waals surface area (Å²) in [6.07, 6.45) is 6.55. The van der Waals surface area contributed by atoms with Crippen LogP contribution in [0.5, 0.6) is 0 Å². The summed E-state index contributed by atoms with van der Waals surface area (Å²) in [6.45, 7) is 0.335. The number of halogens is 1. The van der Waals surface area contributed by atoms with Crippen LogP contribution in [0.25, 0.3) is 0 Å². The Morgan fingerprint density at radius 2 is 2.46 bits per heavy atom. The average Bonchev–Trinajstić information content (AvgIpc) is 2.16. The minimum Gasteiger partial charge on any atom is -0.358 e. The number of nitrogens with one attached hydrogen (secondary N) is 1. The van der Waals surface area contributed by atoms with Crippen LogP contribution in [0.2, 0.25) is 5.02 Å². The molecule has 0 saturated carbocycles. The van der Waals surface area contributed by atoms with Gasteiger partial charge >= 0.3 is 0 Å².